The Kier molecular flexibility index (Phi) is 5.16. The number of rotatable bonds is 5. The van der Waals surface area contributed by atoms with Crippen molar-refractivity contribution in [3.8, 4) is 0 Å². The average Bonchev–Trinajstić information content (AvgIpc) is 2.49. The van der Waals surface area contributed by atoms with E-state index in [2.05, 4.69) is 10.6 Å². The summed E-state index contributed by atoms with van der Waals surface area (Å²) in [6, 6.07) is 13.4. The predicted molar refractivity (Wildman–Crippen MR) is 82.2 cm³/mol. The number of halogens is 2. The Balaban J connectivity index is 2.15. The van der Waals surface area contributed by atoms with Gasteiger partial charge in [-0.25, -0.2) is 0 Å². The fourth-order valence-electron chi connectivity index (χ4n) is 1.75. The van der Waals surface area contributed by atoms with Gasteiger partial charge >= 0.3 is 0 Å². The lowest BCUT2D eigenvalue weighted by atomic mass is 10.2. The van der Waals surface area contributed by atoms with Crippen LogP contribution in [0.5, 0.6) is 0 Å². The maximum atomic E-state index is 12.5. The highest BCUT2D eigenvalue weighted by Gasteiger charge is 2.12. The summed E-state index contributed by atoms with van der Waals surface area (Å²) in [7, 11) is 1.78. The zero-order valence-electron chi connectivity index (χ0n) is 11.3. The average molecular weight is 308 g/mol. The van der Waals surface area contributed by atoms with Crippen molar-refractivity contribution in [3.05, 3.63) is 54.1 Å². The summed E-state index contributed by atoms with van der Waals surface area (Å²) in [6.07, 6.45) is 0. The van der Waals surface area contributed by atoms with E-state index in [1.54, 1.807) is 55.6 Å². The van der Waals surface area contributed by atoms with Crippen LogP contribution >= 0.6 is 11.8 Å². The zero-order chi connectivity index (χ0) is 15.2. The number of amides is 1. The second kappa shape index (κ2) is 7.08. The Hall–Kier alpha value is -2.08. The van der Waals surface area contributed by atoms with Crippen LogP contribution in [0, 0.1) is 0 Å². The van der Waals surface area contributed by atoms with Gasteiger partial charge in [-0.15, -0.1) is 0 Å². The van der Waals surface area contributed by atoms with Crippen molar-refractivity contribution in [2.45, 2.75) is 10.7 Å². The highest BCUT2D eigenvalue weighted by Crippen LogP contribution is 2.31. The van der Waals surface area contributed by atoms with Crippen molar-refractivity contribution in [3.63, 3.8) is 0 Å². The smallest absolute Gasteiger partial charge is 0.288 e. The lowest BCUT2D eigenvalue weighted by Crippen LogP contribution is -2.12. The van der Waals surface area contributed by atoms with Crippen LogP contribution in [-0.2, 0) is 0 Å². The maximum Gasteiger partial charge on any atom is 0.288 e. The van der Waals surface area contributed by atoms with Crippen LogP contribution in [0.3, 0.4) is 0 Å². The fraction of sp³-hybridized carbons (Fsp3) is 0.133. The third-order valence-corrected chi connectivity index (χ3v) is 3.58. The van der Waals surface area contributed by atoms with Gasteiger partial charge in [-0.1, -0.05) is 23.9 Å². The van der Waals surface area contributed by atoms with E-state index >= 15 is 0 Å². The first kappa shape index (κ1) is 15.3. The molecule has 0 saturated heterocycles. The molecule has 0 radical (unpaired) electrons. The Morgan fingerprint density at radius 3 is 2.38 bits per heavy atom. The van der Waals surface area contributed by atoms with Crippen molar-refractivity contribution < 1.29 is 13.6 Å². The van der Waals surface area contributed by atoms with E-state index in [4.69, 9.17) is 0 Å². The van der Waals surface area contributed by atoms with Gasteiger partial charge in [0.1, 0.15) is 0 Å². The standard InChI is InChI=1S/C15H14F2N2OS/c1-18-11-8-6-10(7-9-11)14(20)19-12-4-2-3-5-13(12)21-15(16)17/h2-9,15,18H,1H3,(H,19,20). The minimum absolute atomic E-state index is 0.333. The minimum atomic E-state index is -2.53. The molecule has 0 atom stereocenters. The molecule has 6 heteroatoms. The van der Waals surface area contributed by atoms with Gasteiger partial charge in [-0.2, -0.15) is 8.78 Å². The second-order valence-corrected chi connectivity index (χ2v) is 5.19. The number of nitrogens with one attached hydrogen (secondary N) is 2. The third kappa shape index (κ3) is 4.19. The molecule has 0 aliphatic carbocycles. The van der Waals surface area contributed by atoms with Crippen LogP contribution < -0.4 is 10.6 Å². The molecular weight excluding hydrogens is 294 g/mol. The molecule has 0 unspecified atom stereocenters. The normalized spacial score (nSPS) is 10.5. The van der Waals surface area contributed by atoms with Gasteiger partial charge in [0.25, 0.3) is 11.7 Å². The van der Waals surface area contributed by atoms with E-state index < -0.39 is 5.76 Å². The summed E-state index contributed by atoms with van der Waals surface area (Å²) in [5.74, 6) is -2.86. The van der Waals surface area contributed by atoms with Crippen LogP contribution in [0.25, 0.3) is 0 Å². The summed E-state index contributed by atoms with van der Waals surface area (Å²) in [6.45, 7) is 0. The second-order valence-electron chi connectivity index (χ2n) is 4.16. The van der Waals surface area contributed by atoms with Crippen molar-refractivity contribution in [1.29, 1.82) is 0 Å². The van der Waals surface area contributed by atoms with Crippen LogP contribution in [-0.4, -0.2) is 18.7 Å². The molecule has 110 valence electrons. The molecule has 2 aromatic carbocycles. The topological polar surface area (TPSA) is 41.1 Å². The summed E-state index contributed by atoms with van der Waals surface area (Å²) >= 11 is 0.410. The minimum Gasteiger partial charge on any atom is -0.388 e. The largest absolute Gasteiger partial charge is 0.388 e. The number of hydrogen-bond acceptors (Lipinski definition) is 3. The Bertz CT molecular complexity index is 617. The molecular formula is C15H14F2N2OS. The van der Waals surface area contributed by atoms with Crippen molar-refractivity contribution in [2.24, 2.45) is 0 Å². The first-order valence-electron chi connectivity index (χ1n) is 6.23. The van der Waals surface area contributed by atoms with Gasteiger partial charge in [-0.3, -0.25) is 4.79 Å². The highest BCUT2D eigenvalue weighted by molar-refractivity contribution is 7.99. The van der Waals surface area contributed by atoms with E-state index in [9.17, 15) is 13.6 Å². The zero-order valence-corrected chi connectivity index (χ0v) is 12.1. The Morgan fingerprint density at radius 1 is 1.10 bits per heavy atom. The van der Waals surface area contributed by atoms with Crippen LogP contribution in [0.15, 0.2) is 53.4 Å². The van der Waals surface area contributed by atoms with Crippen molar-refractivity contribution in [1.82, 2.24) is 0 Å². The fourth-order valence-corrected chi connectivity index (χ4v) is 2.35. The SMILES string of the molecule is CNc1ccc(C(=O)Nc2ccccc2SC(F)F)cc1. The molecule has 2 aromatic rings. The molecule has 0 bridgehead atoms. The molecule has 0 spiro atoms. The number of para-hydroxylation sites is 1. The van der Waals surface area contributed by atoms with Gasteiger partial charge in [0, 0.05) is 23.2 Å². The summed E-state index contributed by atoms with van der Waals surface area (Å²) < 4.78 is 25.0. The molecule has 0 aliphatic heterocycles. The maximum absolute atomic E-state index is 12.5. The number of hydrogen-bond donors (Lipinski definition) is 2. The third-order valence-electron chi connectivity index (χ3n) is 2.79. The molecule has 3 nitrogen and oxygen atoms in total. The molecule has 0 aromatic heterocycles. The lowest BCUT2D eigenvalue weighted by Gasteiger charge is -2.10. The van der Waals surface area contributed by atoms with Crippen LogP contribution in [0.2, 0.25) is 0 Å². The van der Waals surface area contributed by atoms with Crippen LogP contribution in [0.1, 0.15) is 10.4 Å². The molecule has 0 heterocycles. The van der Waals surface area contributed by atoms with E-state index in [-0.39, 0.29) is 5.91 Å². The van der Waals surface area contributed by atoms with E-state index in [0.29, 0.717) is 27.9 Å². The summed E-state index contributed by atoms with van der Waals surface area (Å²) in [5, 5.41) is 5.61. The molecule has 1 amide bonds. The highest BCUT2D eigenvalue weighted by atomic mass is 32.2. The van der Waals surface area contributed by atoms with Gasteiger partial charge < -0.3 is 10.6 Å². The van der Waals surface area contributed by atoms with Gasteiger partial charge in [-0.05, 0) is 36.4 Å². The number of carbonyl (C=O) groups is 1. The molecule has 0 aliphatic rings. The van der Waals surface area contributed by atoms with E-state index in [1.807, 2.05) is 0 Å². The van der Waals surface area contributed by atoms with Gasteiger partial charge in [0.15, 0.2) is 0 Å². The first-order valence-corrected chi connectivity index (χ1v) is 7.11. The van der Waals surface area contributed by atoms with Crippen LogP contribution in [0.4, 0.5) is 20.2 Å². The molecule has 0 fully saturated rings. The monoisotopic (exact) mass is 308 g/mol. The predicted octanol–water partition coefficient (Wildman–Crippen LogP) is 4.30. The van der Waals surface area contributed by atoms with Crippen molar-refractivity contribution in [2.75, 3.05) is 17.7 Å². The lowest BCUT2D eigenvalue weighted by molar-refractivity contribution is 0.102. The summed E-state index contributed by atoms with van der Waals surface area (Å²) in [4.78, 5) is 12.5. The summed E-state index contributed by atoms with van der Waals surface area (Å²) in [5.41, 5.74) is 1.73. The van der Waals surface area contributed by atoms with E-state index in [0.717, 1.165) is 5.69 Å². The van der Waals surface area contributed by atoms with Gasteiger partial charge in [0.05, 0.1) is 5.69 Å². The molecule has 2 rings (SSSR count). The molecule has 0 saturated carbocycles. The number of anilines is 2. The van der Waals surface area contributed by atoms with Gasteiger partial charge in [0.2, 0.25) is 0 Å². The Morgan fingerprint density at radius 2 is 1.76 bits per heavy atom. The van der Waals surface area contributed by atoms with E-state index in [1.165, 1.54) is 0 Å². The quantitative estimate of drug-likeness (QED) is 0.809. The number of benzene rings is 2. The Labute approximate surface area is 125 Å². The first-order chi connectivity index (χ1) is 10.1. The number of thioether (sulfide) groups is 1. The number of carbonyl (C=O) groups excluding carboxylic acids is 1. The van der Waals surface area contributed by atoms with Crippen molar-refractivity contribution >= 4 is 29.0 Å². The molecule has 2 N–H and O–H groups in total. The number of alkyl halides is 2. The molecule has 21 heavy (non-hydrogen) atoms.